The number of aryl methyl sites for hydroxylation is 3. The lowest BCUT2D eigenvalue weighted by molar-refractivity contribution is -0.136. The maximum absolute atomic E-state index is 10.3. The minimum atomic E-state index is -0.764. The van der Waals surface area contributed by atoms with Crippen molar-refractivity contribution >= 4 is 5.97 Å². The summed E-state index contributed by atoms with van der Waals surface area (Å²) in [6.45, 7) is 3.90. The van der Waals surface area contributed by atoms with Gasteiger partial charge in [0.1, 0.15) is 0 Å². The van der Waals surface area contributed by atoms with Crippen LogP contribution in [0.5, 0.6) is 0 Å². The maximum Gasteiger partial charge on any atom is 0.303 e. The Morgan fingerprint density at radius 3 is 2.77 bits per heavy atom. The summed E-state index contributed by atoms with van der Waals surface area (Å²) >= 11 is 0. The van der Waals surface area contributed by atoms with Gasteiger partial charge >= 0.3 is 5.97 Å². The molecule has 0 saturated heterocycles. The molecule has 13 heavy (non-hydrogen) atoms. The summed E-state index contributed by atoms with van der Waals surface area (Å²) in [5.41, 5.74) is 3.11. The number of rotatable bonds is 3. The highest BCUT2D eigenvalue weighted by molar-refractivity contribution is 5.67. The normalized spacial score (nSPS) is 10.0. The Bertz CT molecular complexity index is 321. The zero-order valence-electron chi connectivity index (χ0n) is 7.87. The summed E-state index contributed by atoms with van der Waals surface area (Å²) in [5, 5.41) is 8.50. The van der Waals surface area contributed by atoms with E-state index in [1.165, 1.54) is 0 Å². The molecule has 0 amide bonds. The van der Waals surface area contributed by atoms with Crippen molar-refractivity contribution in [3.05, 3.63) is 29.1 Å². The van der Waals surface area contributed by atoms with Crippen molar-refractivity contribution in [2.24, 2.45) is 0 Å². The molecule has 0 bridgehead atoms. The van der Waals surface area contributed by atoms with Crippen molar-refractivity contribution in [3.63, 3.8) is 0 Å². The summed E-state index contributed by atoms with van der Waals surface area (Å²) < 4.78 is 0. The first-order valence-corrected chi connectivity index (χ1v) is 4.23. The van der Waals surface area contributed by atoms with Crippen molar-refractivity contribution in [2.75, 3.05) is 0 Å². The molecule has 0 saturated carbocycles. The third kappa shape index (κ3) is 2.86. The fraction of sp³-hybridized carbons (Fsp3) is 0.400. The summed E-state index contributed by atoms with van der Waals surface area (Å²) in [6, 6.07) is 1.97. The Labute approximate surface area is 77.4 Å². The van der Waals surface area contributed by atoms with Gasteiger partial charge in [0, 0.05) is 18.3 Å². The van der Waals surface area contributed by atoms with E-state index in [0.717, 1.165) is 16.8 Å². The number of hydrogen-bond donors (Lipinski definition) is 1. The van der Waals surface area contributed by atoms with Crippen molar-refractivity contribution in [3.8, 4) is 0 Å². The number of carboxylic acids is 1. The molecule has 1 aromatic rings. The van der Waals surface area contributed by atoms with Crippen molar-refractivity contribution in [2.45, 2.75) is 26.7 Å². The van der Waals surface area contributed by atoms with Crippen LogP contribution >= 0.6 is 0 Å². The van der Waals surface area contributed by atoms with Crippen LogP contribution in [0.15, 0.2) is 12.3 Å². The zero-order valence-corrected chi connectivity index (χ0v) is 7.87. The van der Waals surface area contributed by atoms with Gasteiger partial charge in [0.25, 0.3) is 0 Å². The molecule has 0 fully saturated rings. The molecule has 0 atom stereocenters. The number of aromatic nitrogens is 1. The van der Waals surface area contributed by atoms with Crippen LogP contribution in [0.1, 0.15) is 23.2 Å². The SMILES string of the molecule is Cc1cc(C)c(CCC(=O)O)cn1. The quantitative estimate of drug-likeness (QED) is 0.768. The highest BCUT2D eigenvalue weighted by Gasteiger charge is 2.02. The molecule has 3 nitrogen and oxygen atoms in total. The summed E-state index contributed by atoms with van der Waals surface area (Å²) in [6.07, 6.45) is 2.49. The first kappa shape index (κ1) is 9.71. The summed E-state index contributed by atoms with van der Waals surface area (Å²) in [5.74, 6) is -0.764. The van der Waals surface area contributed by atoms with Crippen molar-refractivity contribution < 1.29 is 9.90 Å². The molecule has 0 spiro atoms. The predicted molar refractivity (Wildman–Crippen MR) is 49.7 cm³/mol. The highest BCUT2D eigenvalue weighted by Crippen LogP contribution is 2.09. The Balaban J connectivity index is 2.72. The first-order chi connectivity index (χ1) is 6.09. The Morgan fingerprint density at radius 1 is 1.54 bits per heavy atom. The molecule has 0 aliphatic carbocycles. The summed E-state index contributed by atoms with van der Waals surface area (Å²) in [7, 11) is 0. The monoisotopic (exact) mass is 179 g/mol. The van der Waals surface area contributed by atoms with E-state index in [4.69, 9.17) is 5.11 Å². The van der Waals surface area contributed by atoms with Gasteiger partial charge in [0.15, 0.2) is 0 Å². The van der Waals surface area contributed by atoms with Gasteiger partial charge in [0.05, 0.1) is 0 Å². The minimum Gasteiger partial charge on any atom is -0.481 e. The molecule has 1 N–H and O–H groups in total. The van der Waals surface area contributed by atoms with E-state index in [0.29, 0.717) is 6.42 Å². The van der Waals surface area contributed by atoms with Crippen LogP contribution in [0.2, 0.25) is 0 Å². The molecule has 1 rings (SSSR count). The zero-order chi connectivity index (χ0) is 9.84. The van der Waals surface area contributed by atoms with Crippen LogP contribution in [-0.4, -0.2) is 16.1 Å². The average molecular weight is 179 g/mol. The van der Waals surface area contributed by atoms with Gasteiger partial charge in [0.2, 0.25) is 0 Å². The molecule has 1 heterocycles. The molecule has 0 radical (unpaired) electrons. The van der Waals surface area contributed by atoms with E-state index < -0.39 is 5.97 Å². The third-order valence-electron chi connectivity index (χ3n) is 1.96. The van der Waals surface area contributed by atoms with Gasteiger partial charge < -0.3 is 5.11 Å². The second kappa shape index (κ2) is 4.03. The Hall–Kier alpha value is -1.38. The number of aliphatic carboxylic acids is 1. The molecular formula is C10H13NO2. The van der Waals surface area contributed by atoms with E-state index in [9.17, 15) is 4.79 Å². The van der Waals surface area contributed by atoms with Crippen LogP contribution in [0.3, 0.4) is 0 Å². The first-order valence-electron chi connectivity index (χ1n) is 4.23. The highest BCUT2D eigenvalue weighted by atomic mass is 16.4. The number of pyridine rings is 1. The van der Waals surface area contributed by atoms with E-state index in [-0.39, 0.29) is 6.42 Å². The lowest BCUT2D eigenvalue weighted by Gasteiger charge is -2.03. The smallest absolute Gasteiger partial charge is 0.303 e. The molecule has 0 aromatic carbocycles. The van der Waals surface area contributed by atoms with Crippen LogP contribution in [-0.2, 0) is 11.2 Å². The van der Waals surface area contributed by atoms with Crippen LogP contribution in [0.4, 0.5) is 0 Å². The maximum atomic E-state index is 10.3. The van der Waals surface area contributed by atoms with Gasteiger partial charge in [-0.15, -0.1) is 0 Å². The van der Waals surface area contributed by atoms with Gasteiger partial charge in [-0.05, 0) is 37.5 Å². The summed E-state index contributed by atoms with van der Waals surface area (Å²) in [4.78, 5) is 14.5. The van der Waals surface area contributed by atoms with E-state index >= 15 is 0 Å². The van der Waals surface area contributed by atoms with E-state index in [1.807, 2.05) is 19.9 Å². The van der Waals surface area contributed by atoms with Crippen LogP contribution in [0.25, 0.3) is 0 Å². The fourth-order valence-electron chi connectivity index (χ4n) is 1.23. The molecular weight excluding hydrogens is 166 g/mol. The predicted octanol–water partition coefficient (Wildman–Crippen LogP) is 1.72. The van der Waals surface area contributed by atoms with Crippen LogP contribution in [0, 0.1) is 13.8 Å². The second-order valence-electron chi connectivity index (χ2n) is 3.15. The van der Waals surface area contributed by atoms with Gasteiger partial charge in [-0.2, -0.15) is 0 Å². The van der Waals surface area contributed by atoms with Gasteiger partial charge in [-0.3, -0.25) is 9.78 Å². The largest absolute Gasteiger partial charge is 0.481 e. The van der Waals surface area contributed by atoms with Crippen LogP contribution < -0.4 is 0 Å². The van der Waals surface area contributed by atoms with E-state index in [1.54, 1.807) is 6.20 Å². The molecule has 0 aliphatic heterocycles. The standard InChI is InChI=1S/C10H13NO2/c1-7-5-8(2)11-6-9(7)3-4-10(12)13/h5-6H,3-4H2,1-2H3,(H,12,13). The number of carbonyl (C=O) groups is 1. The topological polar surface area (TPSA) is 50.2 Å². The number of hydrogen-bond acceptors (Lipinski definition) is 2. The molecule has 0 aliphatic rings. The lowest BCUT2D eigenvalue weighted by atomic mass is 10.1. The number of nitrogens with zero attached hydrogens (tertiary/aromatic N) is 1. The van der Waals surface area contributed by atoms with Gasteiger partial charge in [-0.1, -0.05) is 0 Å². The minimum absolute atomic E-state index is 0.172. The lowest BCUT2D eigenvalue weighted by Crippen LogP contribution is -2.00. The van der Waals surface area contributed by atoms with E-state index in [2.05, 4.69) is 4.98 Å². The van der Waals surface area contributed by atoms with Crippen molar-refractivity contribution in [1.29, 1.82) is 0 Å². The van der Waals surface area contributed by atoms with Gasteiger partial charge in [-0.25, -0.2) is 0 Å². The molecule has 3 heteroatoms. The average Bonchev–Trinajstić information content (AvgIpc) is 2.02. The molecule has 70 valence electrons. The number of carboxylic acid groups (broad SMARTS) is 1. The second-order valence-corrected chi connectivity index (χ2v) is 3.15. The molecule has 0 unspecified atom stereocenters. The fourth-order valence-corrected chi connectivity index (χ4v) is 1.23. The molecule has 1 aromatic heterocycles. The Kier molecular flexibility index (Phi) is 3.01. The Morgan fingerprint density at radius 2 is 2.23 bits per heavy atom. The van der Waals surface area contributed by atoms with Crippen molar-refractivity contribution in [1.82, 2.24) is 4.98 Å². The third-order valence-corrected chi connectivity index (χ3v) is 1.96.